The van der Waals surface area contributed by atoms with Crippen molar-refractivity contribution < 1.29 is 19.1 Å². The maximum Gasteiger partial charge on any atom is 0.409 e. The lowest BCUT2D eigenvalue weighted by Crippen LogP contribution is -2.53. The van der Waals surface area contributed by atoms with Gasteiger partial charge >= 0.3 is 6.09 Å². The molecule has 2 rings (SSSR count). The average Bonchev–Trinajstić information content (AvgIpc) is 2.73. The first-order valence-electron chi connectivity index (χ1n) is 9.47. The van der Waals surface area contributed by atoms with Crippen molar-refractivity contribution in [1.29, 1.82) is 0 Å². The highest BCUT2D eigenvalue weighted by Gasteiger charge is 2.23. The molecule has 0 radical (unpaired) electrons. The Kier molecular flexibility index (Phi) is 8.26. The minimum atomic E-state index is -0.589. The van der Waals surface area contributed by atoms with Gasteiger partial charge in [0.2, 0.25) is 5.91 Å². The first-order valence-corrected chi connectivity index (χ1v) is 9.47. The van der Waals surface area contributed by atoms with Gasteiger partial charge in [0.1, 0.15) is 0 Å². The second kappa shape index (κ2) is 10.9. The molecule has 1 aliphatic heterocycles. The van der Waals surface area contributed by atoms with Gasteiger partial charge in [0.25, 0.3) is 5.91 Å². The van der Waals surface area contributed by atoms with Gasteiger partial charge in [0.05, 0.1) is 13.2 Å². The molecule has 0 aromatic heterocycles. The number of piperazine rings is 1. The molecule has 29 heavy (non-hydrogen) atoms. The number of nitrogens with zero attached hydrogens (tertiary/aromatic N) is 3. The van der Waals surface area contributed by atoms with Gasteiger partial charge in [-0.25, -0.2) is 4.79 Å². The molecule has 0 aliphatic carbocycles. The van der Waals surface area contributed by atoms with Gasteiger partial charge in [-0.15, -0.1) is 0 Å². The number of nitrogens with two attached hydrogens (primary N) is 1. The van der Waals surface area contributed by atoms with Crippen molar-refractivity contribution in [1.82, 2.24) is 20.4 Å². The van der Waals surface area contributed by atoms with Gasteiger partial charge in [-0.05, 0) is 24.6 Å². The Hall–Kier alpha value is -3.30. The van der Waals surface area contributed by atoms with Crippen molar-refractivity contribution in [2.75, 3.05) is 46.4 Å². The van der Waals surface area contributed by atoms with Crippen LogP contribution in [0.4, 0.5) is 4.79 Å². The number of aliphatic imine (C=N–C) groups is 1. The first-order chi connectivity index (χ1) is 13.9. The third-order valence-electron chi connectivity index (χ3n) is 4.41. The third kappa shape index (κ3) is 6.66. The third-order valence-corrected chi connectivity index (χ3v) is 4.41. The molecule has 0 saturated carbocycles. The minimum absolute atomic E-state index is 0.193. The monoisotopic (exact) mass is 404 g/mol. The molecule has 0 unspecified atom stereocenters. The maximum absolute atomic E-state index is 11.9. The molecule has 10 nitrogen and oxygen atoms in total. The fourth-order valence-electron chi connectivity index (χ4n) is 2.87. The van der Waals surface area contributed by atoms with Crippen molar-refractivity contribution in [3.8, 4) is 0 Å². The molecule has 10 heteroatoms. The van der Waals surface area contributed by atoms with E-state index in [9.17, 15) is 14.4 Å². The van der Waals surface area contributed by atoms with Crippen molar-refractivity contribution in [2.45, 2.75) is 13.5 Å². The highest BCUT2D eigenvalue weighted by atomic mass is 16.6. The predicted molar refractivity (Wildman–Crippen MR) is 108 cm³/mol. The second-order valence-electron chi connectivity index (χ2n) is 6.42. The Balaban J connectivity index is 1.83. The summed E-state index contributed by atoms with van der Waals surface area (Å²) >= 11 is 0. The number of rotatable bonds is 6. The van der Waals surface area contributed by atoms with Crippen LogP contribution in [0.2, 0.25) is 0 Å². The Morgan fingerprint density at radius 3 is 2.24 bits per heavy atom. The summed E-state index contributed by atoms with van der Waals surface area (Å²) in [6.07, 6.45) is -0.282. The van der Waals surface area contributed by atoms with E-state index < -0.39 is 5.91 Å². The Bertz CT molecular complexity index is 742. The molecule has 4 N–H and O–H groups in total. The zero-order chi connectivity index (χ0) is 21.2. The largest absolute Gasteiger partial charge is 0.450 e. The number of benzene rings is 1. The van der Waals surface area contributed by atoms with Crippen molar-refractivity contribution in [3.05, 3.63) is 35.4 Å². The normalized spacial score (nSPS) is 14.3. The molecule has 1 aliphatic rings. The quantitative estimate of drug-likeness (QED) is 0.443. The van der Waals surface area contributed by atoms with E-state index in [0.717, 1.165) is 11.5 Å². The molecule has 158 valence electrons. The van der Waals surface area contributed by atoms with Crippen LogP contribution in [0.25, 0.3) is 0 Å². The number of hydrogen-bond acceptors (Lipinski definition) is 5. The second-order valence-corrected chi connectivity index (χ2v) is 6.42. The highest BCUT2D eigenvalue weighted by molar-refractivity contribution is 5.96. The topological polar surface area (TPSA) is 129 Å². The van der Waals surface area contributed by atoms with Crippen molar-refractivity contribution in [3.63, 3.8) is 0 Å². The number of nitrogens with one attached hydrogen (secondary N) is 2. The molecule has 1 saturated heterocycles. The number of amides is 3. The predicted octanol–water partition coefficient (Wildman–Crippen LogP) is -0.249. The molecule has 1 aromatic rings. The molecule has 0 bridgehead atoms. The van der Waals surface area contributed by atoms with Crippen LogP contribution in [0.5, 0.6) is 0 Å². The summed E-state index contributed by atoms with van der Waals surface area (Å²) in [5, 5.41) is 5.74. The summed E-state index contributed by atoms with van der Waals surface area (Å²) < 4.78 is 5.03. The number of carbonyl (C=O) groups is 3. The van der Waals surface area contributed by atoms with E-state index in [1.807, 2.05) is 12.1 Å². The summed E-state index contributed by atoms with van der Waals surface area (Å²) in [6, 6.07) is 7.04. The van der Waals surface area contributed by atoms with Gasteiger partial charge in [-0.1, -0.05) is 12.1 Å². The van der Waals surface area contributed by atoms with Crippen molar-refractivity contribution in [2.24, 2.45) is 10.7 Å². The molecule has 1 aromatic carbocycles. The lowest BCUT2D eigenvalue weighted by Gasteiger charge is -2.35. The molecule has 3 amide bonds. The van der Waals surface area contributed by atoms with Gasteiger partial charge in [0, 0.05) is 45.3 Å². The SMILES string of the molecule is CCOC(=O)N1CCN(C(=NC)NCc2ccc(C(=O)NCC(N)=O)cc2)CC1. The minimum Gasteiger partial charge on any atom is -0.450 e. The summed E-state index contributed by atoms with van der Waals surface area (Å²) in [5.41, 5.74) is 6.45. The van der Waals surface area contributed by atoms with Crippen LogP contribution in [0.3, 0.4) is 0 Å². The molecule has 0 spiro atoms. The first kappa shape index (κ1) is 22.0. The number of ether oxygens (including phenoxy) is 1. The van der Waals surface area contributed by atoms with Crippen LogP contribution in [-0.2, 0) is 16.1 Å². The fraction of sp³-hybridized carbons (Fsp3) is 0.474. The zero-order valence-corrected chi connectivity index (χ0v) is 16.8. The number of guanidine groups is 1. The van der Waals surface area contributed by atoms with E-state index in [-0.39, 0.29) is 18.5 Å². The Labute approximate surface area is 170 Å². The Morgan fingerprint density at radius 1 is 1.07 bits per heavy atom. The summed E-state index contributed by atoms with van der Waals surface area (Å²) in [7, 11) is 1.71. The van der Waals surface area contributed by atoms with E-state index in [0.29, 0.717) is 44.9 Å². The lowest BCUT2D eigenvalue weighted by atomic mass is 10.1. The summed E-state index contributed by atoms with van der Waals surface area (Å²) in [4.78, 5) is 42.5. The average molecular weight is 404 g/mol. The van der Waals surface area contributed by atoms with Gasteiger partial charge in [-0.3, -0.25) is 14.6 Å². The van der Waals surface area contributed by atoms with Crippen LogP contribution >= 0.6 is 0 Å². The molecular formula is C19H28N6O4. The Morgan fingerprint density at radius 2 is 1.69 bits per heavy atom. The lowest BCUT2D eigenvalue weighted by molar-refractivity contribution is -0.117. The summed E-state index contributed by atoms with van der Waals surface area (Å²) in [5.74, 6) is -0.191. The van der Waals surface area contributed by atoms with Crippen LogP contribution in [0.1, 0.15) is 22.8 Å². The highest BCUT2D eigenvalue weighted by Crippen LogP contribution is 2.07. The van der Waals surface area contributed by atoms with Crippen LogP contribution < -0.4 is 16.4 Å². The van der Waals surface area contributed by atoms with Crippen LogP contribution in [-0.4, -0.2) is 80.0 Å². The zero-order valence-electron chi connectivity index (χ0n) is 16.8. The van der Waals surface area contributed by atoms with E-state index in [4.69, 9.17) is 10.5 Å². The maximum atomic E-state index is 11.9. The fourth-order valence-corrected chi connectivity index (χ4v) is 2.87. The molecule has 1 fully saturated rings. The number of primary amides is 1. The van der Waals surface area contributed by atoms with E-state index in [1.54, 1.807) is 31.0 Å². The summed E-state index contributed by atoms with van der Waals surface area (Å²) in [6.45, 7) is 4.99. The van der Waals surface area contributed by atoms with E-state index >= 15 is 0 Å². The van der Waals surface area contributed by atoms with E-state index in [2.05, 4.69) is 20.5 Å². The number of carbonyl (C=O) groups excluding carboxylic acids is 3. The molecular weight excluding hydrogens is 376 g/mol. The standard InChI is InChI=1S/C19H28N6O4/c1-3-29-19(28)25-10-8-24(9-11-25)18(21-2)23-12-14-4-6-15(7-5-14)17(27)22-13-16(20)26/h4-7H,3,8-13H2,1-2H3,(H2,20,26)(H,21,23)(H,22,27). The van der Waals surface area contributed by atoms with Crippen molar-refractivity contribution >= 4 is 23.9 Å². The van der Waals surface area contributed by atoms with Crippen LogP contribution in [0, 0.1) is 0 Å². The van der Waals surface area contributed by atoms with Gasteiger partial charge in [0.15, 0.2) is 5.96 Å². The van der Waals surface area contributed by atoms with Gasteiger partial charge in [-0.2, -0.15) is 0 Å². The van der Waals surface area contributed by atoms with Gasteiger partial charge < -0.3 is 30.9 Å². The van der Waals surface area contributed by atoms with Crippen LogP contribution in [0.15, 0.2) is 29.3 Å². The number of hydrogen-bond donors (Lipinski definition) is 3. The molecule has 0 atom stereocenters. The smallest absolute Gasteiger partial charge is 0.409 e. The molecule has 1 heterocycles. The van der Waals surface area contributed by atoms with E-state index in [1.165, 1.54) is 0 Å².